The van der Waals surface area contributed by atoms with Crippen LogP contribution in [0.5, 0.6) is 0 Å². The van der Waals surface area contributed by atoms with Gasteiger partial charge in [-0.15, -0.1) is 0 Å². The molecule has 3 rings (SSSR count). The maximum atomic E-state index is 13.4. The molecule has 3 atom stereocenters. The number of carbonyl (C=O) groups is 2. The molecule has 0 aliphatic heterocycles. The van der Waals surface area contributed by atoms with E-state index in [1.807, 2.05) is 62.4 Å². The highest BCUT2D eigenvalue weighted by Crippen LogP contribution is 2.24. The van der Waals surface area contributed by atoms with E-state index in [1.165, 1.54) is 0 Å². The third-order valence-electron chi connectivity index (χ3n) is 6.12. The topological polar surface area (TPSA) is 92.3 Å². The Bertz CT molecular complexity index is 1210. The quantitative estimate of drug-likeness (QED) is 0.379. The largest absolute Gasteiger partial charge is 0.352 e. The number of nitrogens with one attached hydrogen (secondary N) is 2. The van der Waals surface area contributed by atoms with Crippen LogP contribution in [-0.4, -0.2) is 32.7 Å². The fourth-order valence-electron chi connectivity index (χ4n) is 4.01. The Hall–Kier alpha value is -3.03. The van der Waals surface area contributed by atoms with Crippen molar-refractivity contribution < 1.29 is 18.0 Å². The van der Waals surface area contributed by atoms with E-state index in [-0.39, 0.29) is 22.8 Å². The second kappa shape index (κ2) is 11.9. The number of hydrogen-bond donors (Lipinski definition) is 2. The lowest BCUT2D eigenvalue weighted by atomic mass is 9.97. The molecule has 0 aliphatic carbocycles. The molecule has 0 spiro atoms. The average Bonchev–Trinajstić information content (AvgIpc) is 2.85. The van der Waals surface area contributed by atoms with Crippen LogP contribution in [0.2, 0.25) is 0 Å². The Balaban J connectivity index is 1.84. The van der Waals surface area contributed by atoms with Gasteiger partial charge < -0.3 is 10.1 Å². The van der Waals surface area contributed by atoms with Gasteiger partial charge in [0, 0.05) is 17.8 Å². The van der Waals surface area contributed by atoms with Gasteiger partial charge in [0.1, 0.15) is 12.3 Å². The molecule has 2 N–H and O–H groups in total. The zero-order chi connectivity index (χ0) is 24.6. The van der Waals surface area contributed by atoms with E-state index in [0.717, 1.165) is 17.2 Å². The van der Waals surface area contributed by atoms with Gasteiger partial charge in [0.15, 0.2) is 0 Å². The number of rotatable bonds is 12. The molecule has 0 radical (unpaired) electrons. The predicted octanol–water partition coefficient (Wildman–Crippen LogP) is 4.24. The van der Waals surface area contributed by atoms with E-state index in [1.54, 1.807) is 24.3 Å². The molecule has 34 heavy (non-hydrogen) atoms. The highest BCUT2D eigenvalue weighted by molar-refractivity contribution is 7.89. The van der Waals surface area contributed by atoms with Crippen molar-refractivity contribution in [2.45, 2.75) is 56.5 Å². The van der Waals surface area contributed by atoms with Crippen molar-refractivity contribution in [2.75, 3.05) is 0 Å². The summed E-state index contributed by atoms with van der Waals surface area (Å²) < 4.78 is 29.5. The molecule has 7 heteroatoms. The molecule has 0 saturated heterocycles. The number of hydrogen-bond acceptors (Lipinski definition) is 4. The minimum absolute atomic E-state index is 0.147. The van der Waals surface area contributed by atoms with Gasteiger partial charge in [-0.05, 0) is 35.8 Å². The smallest absolute Gasteiger partial charge is 0.241 e. The first kappa shape index (κ1) is 25.6. The molecule has 0 heterocycles. The molecule has 180 valence electrons. The molecule has 0 bridgehead atoms. The molecule has 3 aromatic rings. The zero-order valence-corrected chi connectivity index (χ0v) is 20.4. The van der Waals surface area contributed by atoms with Crippen LogP contribution in [0.1, 0.15) is 38.7 Å². The van der Waals surface area contributed by atoms with Gasteiger partial charge in [-0.2, -0.15) is 4.72 Å². The third kappa shape index (κ3) is 6.52. The summed E-state index contributed by atoms with van der Waals surface area (Å²) in [6.45, 7) is 3.78. The molecule has 6 nitrogen and oxygen atoms in total. The van der Waals surface area contributed by atoms with Crippen molar-refractivity contribution >= 4 is 33.0 Å². The summed E-state index contributed by atoms with van der Waals surface area (Å²) in [5, 5.41) is 4.42. The number of sulfonamides is 1. The predicted molar refractivity (Wildman–Crippen MR) is 135 cm³/mol. The summed E-state index contributed by atoms with van der Waals surface area (Å²) in [4.78, 5) is 24.5. The Morgan fingerprint density at radius 2 is 1.65 bits per heavy atom. The lowest BCUT2D eigenvalue weighted by Crippen LogP contribution is -2.52. The molecule has 0 saturated carbocycles. The van der Waals surface area contributed by atoms with E-state index < -0.39 is 16.1 Å². The van der Waals surface area contributed by atoms with Gasteiger partial charge in [-0.25, -0.2) is 8.42 Å². The molecule has 0 fully saturated rings. The molecule has 0 unspecified atom stereocenters. The Labute approximate surface area is 201 Å². The van der Waals surface area contributed by atoms with Gasteiger partial charge in [0.25, 0.3) is 0 Å². The lowest BCUT2D eigenvalue weighted by Gasteiger charge is -2.27. The Morgan fingerprint density at radius 1 is 0.971 bits per heavy atom. The van der Waals surface area contributed by atoms with E-state index in [4.69, 9.17) is 0 Å². The van der Waals surface area contributed by atoms with Crippen molar-refractivity contribution in [2.24, 2.45) is 5.92 Å². The van der Waals surface area contributed by atoms with Crippen molar-refractivity contribution in [1.82, 2.24) is 10.0 Å². The Morgan fingerprint density at radius 3 is 2.35 bits per heavy atom. The first-order valence-corrected chi connectivity index (χ1v) is 13.1. The number of fused-ring (bicyclic) bond motifs is 1. The van der Waals surface area contributed by atoms with Crippen LogP contribution in [-0.2, 0) is 26.0 Å². The summed E-state index contributed by atoms with van der Waals surface area (Å²) in [7, 11) is -3.96. The average molecular weight is 481 g/mol. The number of carbonyl (C=O) groups excluding carboxylic acids is 2. The van der Waals surface area contributed by atoms with Crippen molar-refractivity contribution in [3.05, 3.63) is 78.4 Å². The highest BCUT2D eigenvalue weighted by Gasteiger charge is 2.31. The van der Waals surface area contributed by atoms with Gasteiger partial charge in [-0.3, -0.25) is 4.79 Å². The monoisotopic (exact) mass is 480 g/mol. The van der Waals surface area contributed by atoms with Gasteiger partial charge >= 0.3 is 0 Å². The van der Waals surface area contributed by atoms with Crippen LogP contribution in [0, 0.1) is 5.92 Å². The maximum Gasteiger partial charge on any atom is 0.241 e. The van der Waals surface area contributed by atoms with Crippen LogP contribution >= 0.6 is 0 Å². The van der Waals surface area contributed by atoms with E-state index >= 15 is 0 Å². The van der Waals surface area contributed by atoms with Crippen LogP contribution in [0.25, 0.3) is 10.8 Å². The van der Waals surface area contributed by atoms with Gasteiger partial charge in [0.05, 0.1) is 4.90 Å². The first-order valence-electron chi connectivity index (χ1n) is 11.6. The number of aldehydes is 1. The van der Waals surface area contributed by atoms with Crippen LogP contribution in [0.3, 0.4) is 0 Å². The summed E-state index contributed by atoms with van der Waals surface area (Å²) in [6, 6.07) is 20.9. The standard InChI is InChI=1S/C27H32N2O4S/c1-3-20(2)26(27(31)28-23(15-10-18-30)19-21-11-5-4-6-12-21)29-34(32,33)25-17-9-14-22-13-7-8-16-24(22)25/h4-9,11-14,16-18,20,23,26,29H,3,10,15,19H2,1-2H3,(H,28,31)/t20-,23+,26+/m1/s1. The van der Waals surface area contributed by atoms with Crippen LogP contribution < -0.4 is 10.0 Å². The minimum atomic E-state index is -3.96. The molecular formula is C27H32N2O4S. The summed E-state index contributed by atoms with van der Waals surface area (Å²) in [5.74, 6) is -0.613. The molecular weight excluding hydrogens is 448 g/mol. The molecule has 0 aliphatic rings. The summed E-state index contributed by atoms with van der Waals surface area (Å²) >= 11 is 0. The Kier molecular flexibility index (Phi) is 8.96. The van der Waals surface area contributed by atoms with Crippen LogP contribution in [0.15, 0.2) is 77.7 Å². The molecule has 0 aromatic heterocycles. The molecule has 1 amide bonds. The number of benzene rings is 3. The minimum Gasteiger partial charge on any atom is -0.352 e. The highest BCUT2D eigenvalue weighted by atomic mass is 32.2. The molecule has 3 aromatic carbocycles. The van der Waals surface area contributed by atoms with Gasteiger partial charge in [-0.1, -0.05) is 87.0 Å². The fraction of sp³-hybridized carbons (Fsp3) is 0.333. The zero-order valence-electron chi connectivity index (χ0n) is 19.6. The lowest BCUT2D eigenvalue weighted by molar-refractivity contribution is -0.124. The summed E-state index contributed by atoms with van der Waals surface area (Å²) in [5.41, 5.74) is 1.04. The van der Waals surface area contributed by atoms with Gasteiger partial charge in [0.2, 0.25) is 15.9 Å². The third-order valence-corrected chi connectivity index (χ3v) is 7.62. The van der Waals surface area contributed by atoms with E-state index in [2.05, 4.69) is 10.0 Å². The SMILES string of the molecule is CC[C@@H](C)[C@H](NS(=O)(=O)c1cccc2ccccc12)C(=O)N[C@@H](CCC=O)Cc1ccccc1. The van der Waals surface area contributed by atoms with Crippen molar-refractivity contribution in [1.29, 1.82) is 0 Å². The normalized spacial score (nSPS) is 14.3. The second-order valence-electron chi connectivity index (χ2n) is 8.60. The van der Waals surface area contributed by atoms with E-state index in [0.29, 0.717) is 31.1 Å². The maximum absolute atomic E-state index is 13.4. The van der Waals surface area contributed by atoms with Crippen molar-refractivity contribution in [3.8, 4) is 0 Å². The fourth-order valence-corrected chi connectivity index (χ4v) is 5.54. The summed E-state index contributed by atoms with van der Waals surface area (Å²) in [6.07, 6.45) is 2.80. The van der Waals surface area contributed by atoms with E-state index in [9.17, 15) is 18.0 Å². The van der Waals surface area contributed by atoms with Crippen molar-refractivity contribution in [3.63, 3.8) is 0 Å². The van der Waals surface area contributed by atoms with Crippen LogP contribution in [0.4, 0.5) is 0 Å². The first-order chi connectivity index (χ1) is 16.4. The number of amides is 1. The second-order valence-corrected chi connectivity index (χ2v) is 10.3.